The number of hydrogen-bond donors (Lipinski definition) is 1. The van der Waals surface area contributed by atoms with Crippen LogP contribution in [0, 0.1) is 19.3 Å². The molecule has 11 nitrogen and oxygen atoms in total. The molecular formula is C35H38F4N8O3. The van der Waals surface area contributed by atoms with Gasteiger partial charge in [-0.3, -0.25) is 19.1 Å². The highest BCUT2D eigenvalue weighted by Crippen LogP contribution is 2.62. The second-order valence-corrected chi connectivity index (χ2v) is 13.6. The zero-order valence-electron chi connectivity index (χ0n) is 28.4. The summed E-state index contributed by atoms with van der Waals surface area (Å²) in [5.41, 5.74) is 0.601. The molecule has 0 radical (unpaired) electrons. The summed E-state index contributed by atoms with van der Waals surface area (Å²) in [5.74, 6) is -1.17. The van der Waals surface area contributed by atoms with Crippen molar-refractivity contribution in [2.75, 3.05) is 26.0 Å². The molecule has 3 aromatic heterocycles. The van der Waals surface area contributed by atoms with Gasteiger partial charge < -0.3 is 15.1 Å². The Morgan fingerprint density at radius 2 is 1.78 bits per heavy atom. The van der Waals surface area contributed by atoms with Gasteiger partial charge in [0.25, 0.3) is 0 Å². The Bertz CT molecular complexity index is 1980. The number of carbonyl (C=O) groups is 3. The number of amides is 2. The van der Waals surface area contributed by atoms with Crippen molar-refractivity contribution in [1.29, 1.82) is 0 Å². The van der Waals surface area contributed by atoms with Gasteiger partial charge in [-0.2, -0.15) is 18.3 Å². The molecule has 2 fully saturated rings. The average Bonchev–Trinajstić information content (AvgIpc) is 3.45. The number of halogens is 4. The van der Waals surface area contributed by atoms with Crippen molar-refractivity contribution in [3.8, 4) is 11.1 Å². The first-order valence-electron chi connectivity index (χ1n) is 16.3. The fourth-order valence-corrected chi connectivity index (χ4v) is 7.14. The number of hydrogen-bond acceptors (Lipinski definition) is 8. The molecule has 1 aliphatic carbocycles. The summed E-state index contributed by atoms with van der Waals surface area (Å²) in [6.07, 6.45) is 1.07. The Hall–Kier alpha value is -4.79. The molecule has 15 heteroatoms. The lowest BCUT2D eigenvalue weighted by atomic mass is 9.93. The first-order chi connectivity index (χ1) is 23.6. The number of Topliss-reactive ketones (excluding diaryl/α,β-unsaturated/α-hetero) is 1. The topological polar surface area (TPSA) is 126 Å². The molecule has 0 unspecified atom stereocenters. The van der Waals surface area contributed by atoms with Crippen LogP contribution in [0.25, 0.3) is 22.0 Å². The number of carbonyl (C=O) groups excluding carboxylic acids is 3. The van der Waals surface area contributed by atoms with Crippen LogP contribution in [0.3, 0.4) is 0 Å². The van der Waals surface area contributed by atoms with E-state index in [4.69, 9.17) is 0 Å². The highest BCUT2D eigenvalue weighted by molar-refractivity contribution is 6.07. The van der Waals surface area contributed by atoms with Crippen molar-refractivity contribution >= 4 is 34.3 Å². The van der Waals surface area contributed by atoms with E-state index in [0.717, 1.165) is 25.5 Å². The number of fused-ring (bicyclic) bond motifs is 2. The number of anilines is 1. The summed E-state index contributed by atoms with van der Waals surface area (Å²) in [6.45, 7) is 4.12. The fourth-order valence-electron chi connectivity index (χ4n) is 7.14. The van der Waals surface area contributed by atoms with Crippen LogP contribution in [0.5, 0.6) is 0 Å². The van der Waals surface area contributed by atoms with Gasteiger partial charge in [-0.1, -0.05) is 6.07 Å². The van der Waals surface area contributed by atoms with Crippen molar-refractivity contribution in [2.45, 2.75) is 77.9 Å². The number of piperidine rings is 1. The smallest absolute Gasteiger partial charge is 0.325 e. The van der Waals surface area contributed by atoms with E-state index in [1.807, 2.05) is 19.0 Å². The standard InChI is InChI=1S/C35H38F4N8O3/c1-19-7-8-27(35(37,38)39)42-32(19)43-33(50)26-13-34(9-6-10-45(4)5)14-28(34)47(26)29(49)18-46-31-23(15-36)11-22(24-16-40-21(3)41-17-24)12-25(31)30(44-46)20(2)48/h7-8,11-12,16-17,26,28H,6,9-10,13-15,18H2,1-5H3,(H,42,43,50)/t26-,28+,34-/m0/s1. The fraction of sp³-hybridized carbons (Fsp3) is 0.457. The lowest BCUT2D eigenvalue weighted by Crippen LogP contribution is -2.47. The Morgan fingerprint density at radius 1 is 1.06 bits per heavy atom. The molecule has 2 aliphatic rings. The number of alkyl halides is 4. The van der Waals surface area contributed by atoms with Gasteiger partial charge >= 0.3 is 6.18 Å². The van der Waals surface area contributed by atoms with Crippen molar-refractivity contribution in [1.82, 2.24) is 34.5 Å². The zero-order chi connectivity index (χ0) is 36.1. The van der Waals surface area contributed by atoms with Gasteiger partial charge in [-0.05, 0) is 94.9 Å². The molecule has 1 aromatic carbocycles. The Kier molecular flexibility index (Phi) is 9.22. The molecule has 0 spiro atoms. The number of nitrogens with zero attached hydrogens (tertiary/aromatic N) is 7. The van der Waals surface area contributed by atoms with Gasteiger partial charge in [0.1, 0.15) is 42.3 Å². The number of rotatable bonds is 11. The van der Waals surface area contributed by atoms with Crippen LogP contribution in [-0.2, 0) is 29.0 Å². The molecule has 4 heterocycles. The molecule has 264 valence electrons. The highest BCUT2D eigenvalue weighted by atomic mass is 19.4. The number of pyridine rings is 1. The first kappa shape index (κ1) is 35.1. The highest BCUT2D eigenvalue weighted by Gasteiger charge is 2.66. The molecule has 50 heavy (non-hydrogen) atoms. The lowest BCUT2D eigenvalue weighted by Gasteiger charge is -2.27. The normalized spacial score (nSPS) is 20.0. The number of benzene rings is 1. The maximum Gasteiger partial charge on any atom is 0.433 e. The molecule has 0 bridgehead atoms. The predicted octanol–water partition coefficient (Wildman–Crippen LogP) is 5.54. The first-order valence-corrected chi connectivity index (χ1v) is 16.3. The average molecular weight is 695 g/mol. The number of likely N-dealkylation sites (tertiary alicyclic amines) is 1. The van der Waals surface area contributed by atoms with E-state index in [2.05, 4.69) is 25.4 Å². The maximum atomic E-state index is 14.7. The Balaban J connectivity index is 1.34. The summed E-state index contributed by atoms with van der Waals surface area (Å²) >= 11 is 0. The van der Waals surface area contributed by atoms with Gasteiger partial charge in [-0.25, -0.2) is 19.3 Å². The molecule has 2 amide bonds. The van der Waals surface area contributed by atoms with Crippen molar-refractivity contribution < 1.29 is 31.9 Å². The largest absolute Gasteiger partial charge is 0.433 e. The third-order valence-electron chi connectivity index (χ3n) is 9.72. The van der Waals surface area contributed by atoms with E-state index in [9.17, 15) is 31.9 Å². The van der Waals surface area contributed by atoms with Crippen LogP contribution in [0.2, 0.25) is 0 Å². The van der Waals surface area contributed by atoms with Gasteiger partial charge in [0, 0.05) is 41.9 Å². The molecule has 1 saturated heterocycles. The number of nitrogens with one attached hydrogen (secondary N) is 1. The van der Waals surface area contributed by atoms with Gasteiger partial charge in [-0.15, -0.1) is 0 Å². The van der Waals surface area contributed by atoms with E-state index in [1.54, 1.807) is 31.5 Å². The van der Waals surface area contributed by atoms with E-state index in [-0.39, 0.29) is 39.8 Å². The number of ketones is 1. The molecule has 6 rings (SSSR count). The minimum Gasteiger partial charge on any atom is -0.325 e. The van der Waals surface area contributed by atoms with Gasteiger partial charge in [0.05, 0.1) is 5.52 Å². The van der Waals surface area contributed by atoms with Gasteiger partial charge in [0.2, 0.25) is 11.8 Å². The monoisotopic (exact) mass is 694 g/mol. The molecular weight excluding hydrogens is 656 g/mol. The summed E-state index contributed by atoms with van der Waals surface area (Å²) in [6, 6.07) is 4.12. The minimum atomic E-state index is -4.71. The quantitative estimate of drug-likeness (QED) is 0.160. The third kappa shape index (κ3) is 6.70. The van der Waals surface area contributed by atoms with Crippen molar-refractivity contribution in [3.05, 3.63) is 65.0 Å². The Morgan fingerprint density at radius 3 is 2.42 bits per heavy atom. The molecule has 1 N–H and O–H groups in total. The van der Waals surface area contributed by atoms with Crippen LogP contribution in [0.1, 0.15) is 65.7 Å². The van der Waals surface area contributed by atoms with Crippen LogP contribution in [0.4, 0.5) is 23.4 Å². The third-order valence-corrected chi connectivity index (χ3v) is 9.72. The lowest BCUT2D eigenvalue weighted by molar-refractivity contribution is -0.141. The number of aryl methyl sites for hydroxylation is 2. The van der Waals surface area contributed by atoms with Gasteiger partial charge in [0.15, 0.2) is 5.78 Å². The van der Waals surface area contributed by atoms with Crippen LogP contribution in [0.15, 0.2) is 36.7 Å². The van der Waals surface area contributed by atoms with E-state index < -0.39 is 42.9 Å². The number of aromatic nitrogens is 5. The summed E-state index contributed by atoms with van der Waals surface area (Å²) in [7, 11) is 3.92. The summed E-state index contributed by atoms with van der Waals surface area (Å²) in [5, 5.41) is 7.39. The van der Waals surface area contributed by atoms with E-state index in [1.165, 1.54) is 29.5 Å². The van der Waals surface area contributed by atoms with E-state index >= 15 is 0 Å². The van der Waals surface area contributed by atoms with Crippen molar-refractivity contribution in [3.63, 3.8) is 0 Å². The van der Waals surface area contributed by atoms with E-state index in [0.29, 0.717) is 40.7 Å². The summed E-state index contributed by atoms with van der Waals surface area (Å²) in [4.78, 5) is 56.5. The van der Waals surface area contributed by atoms with Crippen LogP contribution >= 0.6 is 0 Å². The maximum absolute atomic E-state index is 14.7. The zero-order valence-corrected chi connectivity index (χ0v) is 28.4. The SMILES string of the molecule is CC(=O)c1nn(CC(=O)N2[C@H](C(=O)Nc3nc(C(F)(F)F)ccc3C)C[C@@]3(CCCN(C)C)C[C@@H]23)c2c(CF)cc(-c3cnc(C)nc3)cc12. The minimum absolute atomic E-state index is 0.0589. The van der Waals surface area contributed by atoms with Crippen LogP contribution < -0.4 is 5.32 Å². The predicted molar refractivity (Wildman–Crippen MR) is 177 cm³/mol. The molecule has 4 aromatic rings. The molecule has 1 saturated carbocycles. The Labute approximate surface area is 286 Å². The second-order valence-electron chi connectivity index (χ2n) is 13.6. The molecule has 3 atom stereocenters. The second kappa shape index (κ2) is 13.2. The summed E-state index contributed by atoms with van der Waals surface area (Å²) < 4.78 is 56.3. The molecule has 1 aliphatic heterocycles. The van der Waals surface area contributed by atoms with Crippen LogP contribution in [-0.4, -0.2) is 84.9 Å². The van der Waals surface area contributed by atoms with Crippen molar-refractivity contribution in [2.24, 2.45) is 5.41 Å².